The topological polar surface area (TPSA) is 89.6 Å². The quantitative estimate of drug-likeness (QED) is 0.514. The largest absolute Gasteiger partial charge is 0.490 e. The standard InChI is InChI=1S/C25H25N3O4/c1-2-31-23-13-19(10-11-22(23)32-16-17-5-4-12-26-15-17)25(30)28-21-7-3-6-20(14-21)27-24(29)18-8-9-18/h3-7,10-15,18H,2,8-9,16H2,1H3,(H,27,29)(H,28,30). The van der Waals surface area contributed by atoms with E-state index < -0.39 is 0 Å². The molecule has 7 heteroatoms. The van der Waals surface area contributed by atoms with Crippen molar-refractivity contribution in [3.05, 3.63) is 78.1 Å². The second-order valence-corrected chi connectivity index (χ2v) is 7.54. The number of pyridine rings is 1. The van der Waals surface area contributed by atoms with Crippen molar-refractivity contribution in [1.29, 1.82) is 0 Å². The fraction of sp³-hybridized carbons (Fsp3) is 0.240. The van der Waals surface area contributed by atoms with Gasteiger partial charge in [0.1, 0.15) is 6.61 Å². The Kier molecular flexibility index (Phi) is 6.65. The first kappa shape index (κ1) is 21.4. The van der Waals surface area contributed by atoms with Crippen molar-refractivity contribution in [3.8, 4) is 11.5 Å². The third-order valence-corrected chi connectivity index (χ3v) is 4.96. The lowest BCUT2D eigenvalue weighted by atomic mass is 10.1. The molecule has 2 amide bonds. The summed E-state index contributed by atoms with van der Waals surface area (Å²) in [7, 11) is 0. The minimum atomic E-state index is -0.282. The number of hydrogen-bond acceptors (Lipinski definition) is 5. The normalized spacial score (nSPS) is 12.7. The first-order valence-corrected chi connectivity index (χ1v) is 10.6. The third kappa shape index (κ3) is 5.63. The zero-order valence-electron chi connectivity index (χ0n) is 17.8. The number of amides is 2. The Morgan fingerprint density at radius 3 is 2.50 bits per heavy atom. The van der Waals surface area contributed by atoms with E-state index in [2.05, 4.69) is 15.6 Å². The molecule has 32 heavy (non-hydrogen) atoms. The van der Waals surface area contributed by atoms with Crippen molar-refractivity contribution < 1.29 is 19.1 Å². The average Bonchev–Trinajstić information content (AvgIpc) is 3.65. The lowest BCUT2D eigenvalue weighted by molar-refractivity contribution is -0.117. The van der Waals surface area contributed by atoms with Crippen LogP contribution in [-0.4, -0.2) is 23.4 Å². The van der Waals surface area contributed by atoms with Crippen LogP contribution in [0.15, 0.2) is 67.0 Å². The van der Waals surface area contributed by atoms with Gasteiger partial charge in [0.15, 0.2) is 11.5 Å². The van der Waals surface area contributed by atoms with Gasteiger partial charge in [-0.3, -0.25) is 14.6 Å². The van der Waals surface area contributed by atoms with Crippen molar-refractivity contribution in [1.82, 2.24) is 4.98 Å². The fourth-order valence-corrected chi connectivity index (χ4v) is 3.15. The van der Waals surface area contributed by atoms with Crippen LogP contribution in [0.5, 0.6) is 11.5 Å². The van der Waals surface area contributed by atoms with Gasteiger partial charge in [0.05, 0.1) is 6.61 Å². The summed E-state index contributed by atoms with van der Waals surface area (Å²) < 4.78 is 11.6. The van der Waals surface area contributed by atoms with Gasteiger partial charge in [-0.05, 0) is 62.2 Å². The molecule has 0 unspecified atom stereocenters. The maximum atomic E-state index is 12.8. The highest BCUT2D eigenvalue weighted by Gasteiger charge is 2.29. The van der Waals surface area contributed by atoms with E-state index in [0.717, 1.165) is 18.4 Å². The van der Waals surface area contributed by atoms with Crippen LogP contribution in [0.3, 0.4) is 0 Å². The number of ether oxygens (including phenoxy) is 2. The maximum absolute atomic E-state index is 12.8. The first-order chi connectivity index (χ1) is 15.6. The number of carbonyl (C=O) groups excluding carboxylic acids is 2. The highest BCUT2D eigenvalue weighted by atomic mass is 16.5. The molecule has 0 aliphatic heterocycles. The number of rotatable bonds is 9. The van der Waals surface area contributed by atoms with Crippen LogP contribution in [0.4, 0.5) is 11.4 Å². The van der Waals surface area contributed by atoms with Crippen LogP contribution < -0.4 is 20.1 Å². The molecule has 7 nitrogen and oxygen atoms in total. The number of nitrogens with one attached hydrogen (secondary N) is 2. The molecule has 0 atom stereocenters. The van der Waals surface area contributed by atoms with E-state index in [1.807, 2.05) is 19.1 Å². The summed E-state index contributed by atoms with van der Waals surface area (Å²) >= 11 is 0. The van der Waals surface area contributed by atoms with Gasteiger partial charge in [0.25, 0.3) is 5.91 Å². The minimum Gasteiger partial charge on any atom is -0.490 e. The van der Waals surface area contributed by atoms with Crippen molar-refractivity contribution >= 4 is 23.2 Å². The Hall–Kier alpha value is -3.87. The van der Waals surface area contributed by atoms with Gasteiger partial charge < -0.3 is 20.1 Å². The molecular weight excluding hydrogens is 406 g/mol. The van der Waals surface area contributed by atoms with Gasteiger partial charge >= 0.3 is 0 Å². The first-order valence-electron chi connectivity index (χ1n) is 10.6. The molecule has 0 bridgehead atoms. The molecule has 1 aliphatic rings. The number of anilines is 2. The van der Waals surface area contributed by atoms with E-state index in [4.69, 9.17) is 9.47 Å². The summed E-state index contributed by atoms with van der Waals surface area (Å²) in [4.78, 5) is 28.9. The molecule has 0 radical (unpaired) electrons. The summed E-state index contributed by atoms with van der Waals surface area (Å²) in [5.41, 5.74) is 2.63. The average molecular weight is 431 g/mol. The minimum absolute atomic E-state index is 0.0247. The van der Waals surface area contributed by atoms with Crippen molar-refractivity contribution in [2.75, 3.05) is 17.2 Å². The number of benzene rings is 2. The molecular formula is C25H25N3O4. The molecule has 2 aromatic carbocycles. The van der Waals surface area contributed by atoms with Gasteiger partial charge in [0.2, 0.25) is 5.91 Å². The summed E-state index contributed by atoms with van der Waals surface area (Å²) in [6.45, 7) is 2.66. The predicted molar refractivity (Wildman–Crippen MR) is 122 cm³/mol. The van der Waals surface area contributed by atoms with Crippen LogP contribution in [0.2, 0.25) is 0 Å². The molecule has 1 saturated carbocycles. The Bertz CT molecular complexity index is 1100. The fourth-order valence-electron chi connectivity index (χ4n) is 3.15. The van der Waals surface area contributed by atoms with Gasteiger partial charge in [-0.1, -0.05) is 12.1 Å². The smallest absolute Gasteiger partial charge is 0.255 e. The zero-order valence-corrected chi connectivity index (χ0v) is 17.8. The van der Waals surface area contributed by atoms with Crippen LogP contribution in [0, 0.1) is 5.92 Å². The van der Waals surface area contributed by atoms with E-state index in [0.29, 0.717) is 41.7 Å². The Labute approximate surface area is 186 Å². The van der Waals surface area contributed by atoms with Crippen molar-refractivity contribution in [3.63, 3.8) is 0 Å². The number of hydrogen-bond donors (Lipinski definition) is 2. The van der Waals surface area contributed by atoms with Gasteiger partial charge in [0, 0.05) is 40.8 Å². The van der Waals surface area contributed by atoms with E-state index in [1.54, 1.807) is 54.9 Å². The Balaban J connectivity index is 1.43. The molecule has 3 aromatic rings. The van der Waals surface area contributed by atoms with Gasteiger partial charge in [-0.15, -0.1) is 0 Å². The van der Waals surface area contributed by atoms with E-state index in [1.165, 1.54) is 0 Å². The number of nitrogens with zero attached hydrogens (tertiary/aromatic N) is 1. The molecule has 2 N–H and O–H groups in total. The Morgan fingerprint density at radius 1 is 0.969 bits per heavy atom. The van der Waals surface area contributed by atoms with E-state index in [9.17, 15) is 9.59 Å². The second-order valence-electron chi connectivity index (χ2n) is 7.54. The van der Waals surface area contributed by atoms with Crippen LogP contribution in [0.25, 0.3) is 0 Å². The molecule has 164 valence electrons. The van der Waals surface area contributed by atoms with E-state index in [-0.39, 0.29) is 17.7 Å². The molecule has 0 saturated heterocycles. The lowest BCUT2D eigenvalue weighted by Gasteiger charge is -2.14. The molecule has 4 rings (SSSR count). The summed E-state index contributed by atoms with van der Waals surface area (Å²) in [5.74, 6) is 0.905. The molecule has 1 aromatic heterocycles. The summed E-state index contributed by atoms with van der Waals surface area (Å²) in [5, 5.41) is 5.76. The SMILES string of the molecule is CCOc1cc(C(=O)Nc2cccc(NC(=O)C3CC3)c2)ccc1OCc1cccnc1. The lowest BCUT2D eigenvalue weighted by Crippen LogP contribution is -2.15. The van der Waals surface area contributed by atoms with Crippen molar-refractivity contribution in [2.24, 2.45) is 5.92 Å². The highest BCUT2D eigenvalue weighted by molar-refractivity contribution is 6.05. The molecule has 1 heterocycles. The monoisotopic (exact) mass is 431 g/mol. The van der Waals surface area contributed by atoms with Crippen LogP contribution in [0.1, 0.15) is 35.7 Å². The zero-order chi connectivity index (χ0) is 22.3. The third-order valence-electron chi connectivity index (χ3n) is 4.96. The highest BCUT2D eigenvalue weighted by Crippen LogP contribution is 2.31. The summed E-state index contributed by atoms with van der Waals surface area (Å²) in [6.07, 6.45) is 5.32. The van der Waals surface area contributed by atoms with Gasteiger partial charge in [-0.2, -0.15) is 0 Å². The van der Waals surface area contributed by atoms with Crippen LogP contribution in [-0.2, 0) is 11.4 Å². The Morgan fingerprint density at radius 2 is 1.78 bits per heavy atom. The van der Waals surface area contributed by atoms with Crippen molar-refractivity contribution in [2.45, 2.75) is 26.4 Å². The molecule has 0 spiro atoms. The predicted octanol–water partition coefficient (Wildman–Crippen LogP) is 4.66. The van der Waals surface area contributed by atoms with E-state index >= 15 is 0 Å². The molecule has 1 fully saturated rings. The number of aromatic nitrogens is 1. The molecule has 1 aliphatic carbocycles. The van der Waals surface area contributed by atoms with Crippen LogP contribution >= 0.6 is 0 Å². The second kappa shape index (κ2) is 9.96. The summed E-state index contributed by atoms with van der Waals surface area (Å²) in [6, 6.07) is 16.0. The van der Waals surface area contributed by atoms with Gasteiger partial charge in [-0.25, -0.2) is 0 Å². The number of carbonyl (C=O) groups is 2. The maximum Gasteiger partial charge on any atom is 0.255 e.